The van der Waals surface area contributed by atoms with Gasteiger partial charge in [-0.15, -0.1) is 5.92 Å². The Morgan fingerprint density at radius 2 is 1.80 bits per heavy atom. The van der Waals surface area contributed by atoms with Crippen molar-refractivity contribution in [3.63, 3.8) is 0 Å². The van der Waals surface area contributed by atoms with Gasteiger partial charge in [0.05, 0.1) is 30.9 Å². The molecule has 0 saturated carbocycles. The molecule has 3 aromatic heterocycles. The summed E-state index contributed by atoms with van der Waals surface area (Å²) in [5.74, 6) is 6.05. The van der Waals surface area contributed by atoms with Crippen LogP contribution in [0, 0.1) is 11.8 Å². The van der Waals surface area contributed by atoms with Gasteiger partial charge in [0.15, 0.2) is 11.2 Å². The second-order valence-electron chi connectivity index (χ2n) is 10.9. The van der Waals surface area contributed by atoms with Gasteiger partial charge in [0.1, 0.15) is 12.4 Å². The Kier molecular flexibility index (Phi) is 8.44. The third-order valence-corrected chi connectivity index (χ3v) is 7.84. The minimum Gasteiger partial charge on any atom is -0.465 e. The molecule has 1 saturated heterocycles. The Morgan fingerprint density at radius 3 is 2.56 bits per heavy atom. The first kappa shape index (κ1) is 29.8. The van der Waals surface area contributed by atoms with Gasteiger partial charge in [0.2, 0.25) is 5.95 Å². The summed E-state index contributed by atoms with van der Waals surface area (Å²) in [6.45, 7) is 4.27. The SMILES string of the molecule is CC#CCn1c(N2CCCC(N)C2)nc2c1c(=O)n(Cc1nc(-c3ccccc3)c3ccccc3n1)c(=O)n2CC(=O)OCC. The van der Waals surface area contributed by atoms with Gasteiger partial charge in [-0.25, -0.2) is 14.8 Å². The van der Waals surface area contributed by atoms with E-state index in [-0.39, 0.29) is 42.7 Å². The molecule has 0 bridgehead atoms. The van der Waals surface area contributed by atoms with Gasteiger partial charge in [-0.2, -0.15) is 4.98 Å². The minimum absolute atomic E-state index is 0.0634. The molecule has 1 atom stereocenters. The summed E-state index contributed by atoms with van der Waals surface area (Å²) in [5.41, 5.74) is 7.47. The Hall–Kier alpha value is -5.28. The topological polar surface area (TPSA) is 143 Å². The van der Waals surface area contributed by atoms with Crippen LogP contribution in [0.3, 0.4) is 0 Å². The predicted octanol–water partition coefficient (Wildman–Crippen LogP) is 2.53. The van der Waals surface area contributed by atoms with Crippen LogP contribution in [-0.4, -0.2) is 60.4 Å². The second kappa shape index (κ2) is 12.8. The van der Waals surface area contributed by atoms with Crippen LogP contribution >= 0.6 is 0 Å². The molecule has 1 unspecified atom stereocenters. The molecule has 12 heteroatoms. The van der Waals surface area contributed by atoms with Crippen molar-refractivity contribution in [1.82, 2.24) is 28.7 Å². The molecule has 1 aliphatic rings. The third kappa shape index (κ3) is 5.82. The van der Waals surface area contributed by atoms with Crippen LogP contribution in [-0.2, 0) is 29.2 Å². The molecule has 45 heavy (non-hydrogen) atoms. The number of nitrogens with two attached hydrogens (primary N) is 1. The zero-order valence-corrected chi connectivity index (χ0v) is 25.3. The summed E-state index contributed by atoms with van der Waals surface area (Å²) >= 11 is 0. The van der Waals surface area contributed by atoms with Crippen molar-refractivity contribution in [2.45, 2.75) is 52.4 Å². The summed E-state index contributed by atoms with van der Waals surface area (Å²) in [4.78, 5) is 57.5. The number of carbonyl (C=O) groups is 1. The van der Waals surface area contributed by atoms with Crippen molar-refractivity contribution >= 4 is 34.0 Å². The molecule has 0 radical (unpaired) electrons. The second-order valence-corrected chi connectivity index (χ2v) is 10.9. The van der Waals surface area contributed by atoms with E-state index in [1.807, 2.05) is 59.5 Å². The van der Waals surface area contributed by atoms with Crippen molar-refractivity contribution in [3.8, 4) is 23.1 Å². The lowest BCUT2D eigenvalue weighted by molar-refractivity contribution is -0.143. The van der Waals surface area contributed by atoms with Gasteiger partial charge in [0, 0.05) is 30.1 Å². The molecule has 0 aliphatic carbocycles. The number of hydrogen-bond acceptors (Lipinski definition) is 9. The number of rotatable bonds is 8. The van der Waals surface area contributed by atoms with E-state index in [1.54, 1.807) is 18.4 Å². The van der Waals surface area contributed by atoms with E-state index < -0.39 is 23.8 Å². The van der Waals surface area contributed by atoms with Crippen molar-refractivity contribution in [3.05, 3.63) is 81.3 Å². The normalized spacial score (nSPS) is 14.8. The lowest BCUT2D eigenvalue weighted by Crippen LogP contribution is -2.44. The molecule has 0 spiro atoms. The molecule has 2 aromatic carbocycles. The van der Waals surface area contributed by atoms with E-state index in [2.05, 4.69) is 11.8 Å². The van der Waals surface area contributed by atoms with Gasteiger partial charge < -0.3 is 15.4 Å². The van der Waals surface area contributed by atoms with E-state index in [1.165, 1.54) is 4.57 Å². The van der Waals surface area contributed by atoms with Crippen LogP contribution in [0.2, 0.25) is 0 Å². The van der Waals surface area contributed by atoms with Gasteiger partial charge >= 0.3 is 11.7 Å². The molecule has 1 aliphatic heterocycles. The Morgan fingerprint density at radius 1 is 1.02 bits per heavy atom. The average Bonchev–Trinajstić information content (AvgIpc) is 3.43. The Bertz CT molecular complexity index is 2070. The summed E-state index contributed by atoms with van der Waals surface area (Å²) in [6.07, 6.45) is 1.73. The van der Waals surface area contributed by atoms with Crippen molar-refractivity contribution in [2.24, 2.45) is 5.73 Å². The number of benzene rings is 2. The molecule has 4 heterocycles. The number of fused-ring (bicyclic) bond motifs is 2. The van der Waals surface area contributed by atoms with Crippen LogP contribution in [0.4, 0.5) is 5.95 Å². The highest BCUT2D eigenvalue weighted by Gasteiger charge is 2.28. The molecule has 12 nitrogen and oxygen atoms in total. The number of esters is 1. The average molecular weight is 607 g/mol. The van der Waals surface area contributed by atoms with Crippen molar-refractivity contribution < 1.29 is 9.53 Å². The number of nitrogens with zero attached hydrogens (tertiary/aromatic N) is 7. The third-order valence-electron chi connectivity index (χ3n) is 7.84. The fourth-order valence-corrected chi connectivity index (χ4v) is 5.79. The van der Waals surface area contributed by atoms with Gasteiger partial charge in [-0.05, 0) is 32.8 Å². The number of aromatic nitrogens is 6. The number of carbonyl (C=O) groups excluding carboxylic acids is 1. The fraction of sp³-hybridized carbons (Fsp3) is 0.333. The lowest BCUT2D eigenvalue weighted by Gasteiger charge is -2.31. The number of piperidine rings is 1. The maximum Gasteiger partial charge on any atom is 0.333 e. The van der Waals surface area contributed by atoms with Gasteiger partial charge in [0.25, 0.3) is 5.56 Å². The van der Waals surface area contributed by atoms with E-state index in [9.17, 15) is 14.4 Å². The first-order valence-electron chi connectivity index (χ1n) is 15.0. The quantitative estimate of drug-likeness (QED) is 0.208. The molecular formula is C33H34N8O4. The van der Waals surface area contributed by atoms with Crippen LogP contribution in [0.1, 0.15) is 32.5 Å². The van der Waals surface area contributed by atoms with E-state index in [0.29, 0.717) is 30.2 Å². The highest BCUT2D eigenvalue weighted by molar-refractivity contribution is 5.92. The monoisotopic (exact) mass is 606 g/mol. The number of anilines is 1. The summed E-state index contributed by atoms with van der Waals surface area (Å²) in [7, 11) is 0. The zero-order valence-electron chi connectivity index (χ0n) is 25.3. The number of para-hydroxylation sites is 1. The van der Waals surface area contributed by atoms with E-state index in [0.717, 1.165) is 28.4 Å². The number of ether oxygens (including phenoxy) is 1. The maximum atomic E-state index is 14.3. The van der Waals surface area contributed by atoms with Crippen LogP contribution in [0.25, 0.3) is 33.3 Å². The molecule has 2 N–H and O–H groups in total. The number of imidazole rings is 1. The van der Waals surface area contributed by atoms with Gasteiger partial charge in [-0.1, -0.05) is 54.5 Å². The molecule has 5 aromatic rings. The summed E-state index contributed by atoms with van der Waals surface area (Å²) in [5, 5.41) is 0.843. The fourth-order valence-electron chi connectivity index (χ4n) is 5.79. The highest BCUT2D eigenvalue weighted by Crippen LogP contribution is 2.26. The lowest BCUT2D eigenvalue weighted by atomic mass is 10.1. The first-order valence-corrected chi connectivity index (χ1v) is 15.0. The molecule has 1 fully saturated rings. The molecule has 0 amide bonds. The molecular weight excluding hydrogens is 572 g/mol. The smallest absolute Gasteiger partial charge is 0.333 e. The van der Waals surface area contributed by atoms with Crippen molar-refractivity contribution in [1.29, 1.82) is 0 Å². The Balaban J connectivity index is 1.58. The predicted molar refractivity (Wildman–Crippen MR) is 172 cm³/mol. The van der Waals surface area contributed by atoms with Crippen LogP contribution in [0.5, 0.6) is 0 Å². The van der Waals surface area contributed by atoms with Gasteiger partial charge in [-0.3, -0.25) is 23.3 Å². The van der Waals surface area contributed by atoms with E-state index in [4.69, 9.17) is 25.4 Å². The van der Waals surface area contributed by atoms with E-state index >= 15 is 0 Å². The first-order chi connectivity index (χ1) is 21.9. The Labute approximate surface area is 259 Å². The molecule has 6 rings (SSSR count). The number of hydrogen-bond donors (Lipinski definition) is 1. The summed E-state index contributed by atoms with van der Waals surface area (Å²) in [6, 6.07) is 17.2. The van der Waals surface area contributed by atoms with Crippen LogP contribution < -0.4 is 21.9 Å². The molecule has 230 valence electrons. The van der Waals surface area contributed by atoms with Crippen molar-refractivity contribution in [2.75, 3.05) is 24.6 Å². The zero-order chi connectivity index (χ0) is 31.5. The maximum absolute atomic E-state index is 14.3. The standard InChI is InChI=1S/C33H34N8O4/c1-3-5-18-39-29-30(37-32(39)38-17-11-14-23(34)19-38)40(21-27(42)45-4-2)33(44)41(31(29)43)20-26-35-25-16-10-9-15-24(25)28(36-26)22-12-7-6-8-13-22/h6-10,12-13,15-16,23H,4,11,14,17-21,34H2,1-2H3. The largest absolute Gasteiger partial charge is 0.465 e. The summed E-state index contributed by atoms with van der Waals surface area (Å²) < 4.78 is 9.15. The highest BCUT2D eigenvalue weighted by atomic mass is 16.5. The van der Waals surface area contributed by atoms with Crippen LogP contribution in [0.15, 0.2) is 64.2 Å². The minimum atomic E-state index is -0.716.